The molecule has 0 bridgehead atoms. The summed E-state index contributed by atoms with van der Waals surface area (Å²) < 4.78 is 0. The number of hydrazine groups is 1. The summed E-state index contributed by atoms with van der Waals surface area (Å²) in [6, 6.07) is 7.08. The molecule has 0 aliphatic carbocycles. The van der Waals surface area contributed by atoms with Gasteiger partial charge < -0.3 is 9.80 Å². The van der Waals surface area contributed by atoms with E-state index in [9.17, 15) is 14.9 Å². The van der Waals surface area contributed by atoms with Gasteiger partial charge in [-0.25, -0.2) is 9.97 Å². The summed E-state index contributed by atoms with van der Waals surface area (Å²) in [6.45, 7) is 7.74. The molecule has 0 saturated carbocycles. The fraction of sp³-hybridized carbons (Fsp3) is 0.389. The lowest BCUT2D eigenvalue weighted by Gasteiger charge is -2.34. The van der Waals surface area contributed by atoms with Gasteiger partial charge >= 0.3 is 5.69 Å². The molecule has 2 N–H and O–H groups in total. The highest BCUT2D eigenvalue weighted by Crippen LogP contribution is 2.31. The van der Waals surface area contributed by atoms with Crippen molar-refractivity contribution in [2.75, 3.05) is 43.0 Å². The van der Waals surface area contributed by atoms with Gasteiger partial charge in [-0.15, -0.1) is 0 Å². The van der Waals surface area contributed by atoms with Crippen LogP contribution in [0.4, 0.5) is 17.3 Å². The van der Waals surface area contributed by atoms with Crippen molar-refractivity contribution in [2.45, 2.75) is 13.8 Å². The van der Waals surface area contributed by atoms with Gasteiger partial charge in [0.25, 0.3) is 5.91 Å². The zero-order chi connectivity index (χ0) is 20.1. The van der Waals surface area contributed by atoms with Crippen LogP contribution >= 0.6 is 0 Å². The van der Waals surface area contributed by atoms with Crippen LogP contribution < -0.4 is 15.8 Å². The minimum atomic E-state index is -0.524. The summed E-state index contributed by atoms with van der Waals surface area (Å²) >= 11 is 0. The molecule has 0 unspecified atom stereocenters. The van der Waals surface area contributed by atoms with Crippen LogP contribution in [0.2, 0.25) is 0 Å². The Morgan fingerprint density at radius 3 is 2.57 bits per heavy atom. The molecule has 1 fully saturated rings. The van der Waals surface area contributed by atoms with Gasteiger partial charge in [-0.1, -0.05) is 25.1 Å². The molecule has 1 saturated heterocycles. The number of nitrogens with zero attached hydrogens (tertiary/aromatic N) is 5. The van der Waals surface area contributed by atoms with E-state index in [0.29, 0.717) is 18.7 Å². The predicted molar refractivity (Wildman–Crippen MR) is 105 cm³/mol. The molecule has 0 atom stereocenters. The SMILES string of the molecule is CCN1CCN(c2ncnc(NNC(=O)c3ccccc3C)c2[N+](=O)[O-])CC1. The molecule has 2 aromatic rings. The van der Waals surface area contributed by atoms with Crippen molar-refractivity contribution in [3.05, 3.63) is 51.8 Å². The zero-order valence-electron chi connectivity index (χ0n) is 15.9. The highest BCUT2D eigenvalue weighted by atomic mass is 16.6. The maximum Gasteiger partial charge on any atom is 0.355 e. The van der Waals surface area contributed by atoms with Crippen LogP contribution in [0, 0.1) is 17.0 Å². The lowest BCUT2D eigenvalue weighted by molar-refractivity contribution is -0.383. The van der Waals surface area contributed by atoms with Crippen LogP contribution in [0.25, 0.3) is 0 Å². The van der Waals surface area contributed by atoms with E-state index in [4.69, 9.17) is 0 Å². The van der Waals surface area contributed by atoms with Gasteiger partial charge in [0.15, 0.2) is 0 Å². The molecule has 3 rings (SSSR count). The molecule has 1 aromatic carbocycles. The van der Waals surface area contributed by atoms with Crippen molar-refractivity contribution < 1.29 is 9.72 Å². The quantitative estimate of drug-likeness (QED) is 0.569. The van der Waals surface area contributed by atoms with Gasteiger partial charge in [0.1, 0.15) is 6.33 Å². The largest absolute Gasteiger partial charge is 0.355 e. The lowest BCUT2D eigenvalue weighted by Crippen LogP contribution is -2.46. The molecular weight excluding hydrogens is 362 g/mol. The smallest absolute Gasteiger partial charge is 0.348 e. The third-order valence-corrected chi connectivity index (χ3v) is 4.79. The van der Waals surface area contributed by atoms with E-state index in [-0.39, 0.29) is 17.3 Å². The first-order chi connectivity index (χ1) is 13.5. The van der Waals surface area contributed by atoms with Crippen LogP contribution in [-0.2, 0) is 0 Å². The molecule has 10 heteroatoms. The molecule has 1 aromatic heterocycles. The van der Waals surface area contributed by atoms with Crippen LogP contribution in [0.15, 0.2) is 30.6 Å². The Hall–Kier alpha value is -3.27. The molecule has 0 spiro atoms. The van der Waals surface area contributed by atoms with Crippen molar-refractivity contribution in [3.63, 3.8) is 0 Å². The van der Waals surface area contributed by atoms with Gasteiger partial charge in [0.05, 0.1) is 4.92 Å². The summed E-state index contributed by atoms with van der Waals surface area (Å²) in [5.41, 5.74) is 6.10. The Kier molecular flexibility index (Phi) is 5.99. The van der Waals surface area contributed by atoms with Crippen LogP contribution in [0.5, 0.6) is 0 Å². The Morgan fingerprint density at radius 2 is 1.93 bits per heavy atom. The topological polar surface area (TPSA) is 117 Å². The fourth-order valence-electron chi connectivity index (χ4n) is 3.15. The molecule has 28 heavy (non-hydrogen) atoms. The second-order valence-corrected chi connectivity index (χ2v) is 6.47. The number of nitrogens with one attached hydrogen (secondary N) is 2. The number of hydrogen-bond acceptors (Lipinski definition) is 8. The minimum Gasteiger partial charge on any atom is -0.348 e. The molecule has 0 radical (unpaired) electrons. The lowest BCUT2D eigenvalue weighted by atomic mass is 10.1. The summed E-state index contributed by atoms with van der Waals surface area (Å²) in [5.74, 6) is -0.192. The van der Waals surface area contributed by atoms with Crippen molar-refractivity contribution in [3.8, 4) is 0 Å². The van der Waals surface area contributed by atoms with Gasteiger partial charge in [-0.3, -0.25) is 25.8 Å². The van der Waals surface area contributed by atoms with Gasteiger partial charge in [-0.05, 0) is 25.1 Å². The number of aromatic nitrogens is 2. The standard InChI is InChI=1S/C18H23N7O3/c1-3-23-8-10-24(11-9-23)17-15(25(27)28)16(19-12-20-17)21-22-18(26)14-7-5-4-6-13(14)2/h4-7,12H,3,8-11H2,1-2H3,(H,22,26)(H,19,20,21). The van der Waals surface area contributed by atoms with Crippen molar-refractivity contribution in [1.29, 1.82) is 0 Å². The number of nitro groups is 1. The third-order valence-electron chi connectivity index (χ3n) is 4.79. The number of rotatable bonds is 6. The Bertz CT molecular complexity index is 866. The Balaban J connectivity index is 1.79. The molecule has 10 nitrogen and oxygen atoms in total. The second-order valence-electron chi connectivity index (χ2n) is 6.47. The summed E-state index contributed by atoms with van der Waals surface area (Å²) in [7, 11) is 0. The average Bonchev–Trinajstić information content (AvgIpc) is 2.72. The van der Waals surface area contributed by atoms with E-state index in [0.717, 1.165) is 25.2 Å². The number of amides is 1. The number of piperazine rings is 1. The number of hydrogen-bond donors (Lipinski definition) is 2. The summed E-state index contributed by atoms with van der Waals surface area (Å²) in [4.78, 5) is 35.8. The monoisotopic (exact) mass is 385 g/mol. The van der Waals surface area contributed by atoms with E-state index in [1.54, 1.807) is 12.1 Å². The first-order valence-electron chi connectivity index (χ1n) is 9.10. The molecule has 1 aliphatic rings. The van der Waals surface area contributed by atoms with Crippen molar-refractivity contribution in [1.82, 2.24) is 20.3 Å². The number of carbonyl (C=O) groups is 1. The molecule has 1 aliphatic heterocycles. The van der Waals surface area contributed by atoms with Crippen LogP contribution in [0.1, 0.15) is 22.8 Å². The van der Waals surface area contributed by atoms with Crippen molar-refractivity contribution in [2.24, 2.45) is 0 Å². The molecule has 2 heterocycles. The number of anilines is 2. The Morgan fingerprint density at radius 1 is 1.21 bits per heavy atom. The predicted octanol–water partition coefficient (Wildman–Crippen LogP) is 1.59. The van der Waals surface area contributed by atoms with Crippen LogP contribution in [-0.4, -0.2) is 58.4 Å². The molecule has 1 amide bonds. The number of likely N-dealkylation sites (N-methyl/N-ethyl adjacent to an activating group) is 1. The average molecular weight is 385 g/mol. The Labute approximate surface area is 162 Å². The van der Waals surface area contributed by atoms with Gasteiger partial charge in [0.2, 0.25) is 11.6 Å². The zero-order valence-corrected chi connectivity index (χ0v) is 15.9. The van der Waals surface area contributed by atoms with E-state index >= 15 is 0 Å². The van der Waals surface area contributed by atoms with Crippen molar-refractivity contribution >= 4 is 23.2 Å². The number of aryl methyl sites for hydroxylation is 1. The maximum absolute atomic E-state index is 12.4. The third kappa shape index (κ3) is 4.17. The fourth-order valence-corrected chi connectivity index (χ4v) is 3.15. The highest BCUT2D eigenvalue weighted by molar-refractivity contribution is 5.96. The molecule has 148 valence electrons. The van der Waals surface area contributed by atoms with Gasteiger partial charge in [0, 0.05) is 31.7 Å². The molecular formula is C18H23N7O3. The normalized spacial score (nSPS) is 14.6. The second kappa shape index (κ2) is 8.61. The number of carbonyl (C=O) groups excluding carboxylic acids is 1. The van der Waals surface area contributed by atoms with Crippen LogP contribution in [0.3, 0.4) is 0 Å². The van der Waals surface area contributed by atoms with E-state index < -0.39 is 10.8 Å². The van der Waals surface area contributed by atoms with E-state index in [1.807, 2.05) is 24.0 Å². The minimum absolute atomic E-state index is 0.0464. The summed E-state index contributed by atoms with van der Waals surface area (Å²) in [6.07, 6.45) is 1.26. The first kappa shape index (κ1) is 19.5. The maximum atomic E-state index is 12.4. The van der Waals surface area contributed by atoms with E-state index in [1.165, 1.54) is 6.33 Å². The summed E-state index contributed by atoms with van der Waals surface area (Å²) in [5, 5.41) is 11.7. The highest BCUT2D eigenvalue weighted by Gasteiger charge is 2.29. The van der Waals surface area contributed by atoms with Gasteiger partial charge in [-0.2, -0.15) is 0 Å². The number of benzene rings is 1. The first-order valence-corrected chi connectivity index (χ1v) is 9.10. The van der Waals surface area contributed by atoms with E-state index in [2.05, 4.69) is 32.6 Å².